The molecule has 0 unspecified atom stereocenters. The van der Waals surface area contributed by atoms with Crippen molar-refractivity contribution in [1.29, 1.82) is 0 Å². The van der Waals surface area contributed by atoms with Gasteiger partial charge in [-0.2, -0.15) is 0 Å². The molecule has 0 spiro atoms. The minimum Gasteiger partial charge on any atom is -0.493 e. The first-order valence-corrected chi connectivity index (χ1v) is 11.0. The van der Waals surface area contributed by atoms with E-state index in [1.807, 2.05) is 34.1 Å². The Morgan fingerprint density at radius 3 is 2.07 bits per heavy atom. The summed E-state index contributed by atoms with van der Waals surface area (Å²) in [6.07, 6.45) is 4.18. The molecule has 0 saturated carbocycles. The molecule has 2 aliphatic rings. The lowest BCUT2D eigenvalue weighted by Gasteiger charge is -2.32. The van der Waals surface area contributed by atoms with Gasteiger partial charge in [0.1, 0.15) is 5.75 Å². The number of carbonyl (C=O) groups excluding carboxylic acids is 2. The van der Waals surface area contributed by atoms with Crippen molar-refractivity contribution in [2.45, 2.75) is 25.7 Å². The minimum absolute atomic E-state index is 0.0427. The third kappa shape index (κ3) is 4.96. The van der Waals surface area contributed by atoms with Crippen molar-refractivity contribution in [3.8, 4) is 5.75 Å². The van der Waals surface area contributed by atoms with Gasteiger partial charge in [0.2, 0.25) is 0 Å². The average molecular weight is 427 g/mol. The first-order chi connectivity index (χ1) is 14.6. The summed E-state index contributed by atoms with van der Waals surface area (Å²) in [5.41, 5.74) is 1.38. The smallest absolute Gasteiger partial charge is 0.253 e. The summed E-state index contributed by atoms with van der Waals surface area (Å²) >= 11 is 5.92. The summed E-state index contributed by atoms with van der Waals surface area (Å²) in [7, 11) is 0. The summed E-state index contributed by atoms with van der Waals surface area (Å²) in [4.78, 5) is 29.0. The summed E-state index contributed by atoms with van der Waals surface area (Å²) in [5.74, 6) is 1.19. The lowest BCUT2D eigenvalue weighted by Crippen LogP contribution is -2.41. The molecule has 4 rings (SSSR count). The monoisotopic (exact) mass is 426 g/mol. The zero-order chi connectivity index (χ0) is 20.9. The number of piperidine rings is 1. The average Bonchev–Trinajstić information content (AvgIpc) is 3.33. The Morgan fingerprint density at radius 1 is 0.833 bits per heavy atom. The van der Waals surface area contributed by atoms with Crippen molar-refractivity contribution in [3.63, 3.8) is 0 Å². The first kappa shape index (κ1) is 20.7. The molecule has 2 aromatic rings. The molecular weight excluding hydrogens is 400 g/mol. The zero-order valence-electron chi connectivity index (χ0n) is 17.1. The van der Waals surface area contributed by atoms with E-state index in [0.29, 0.717) is 35.2 Å². The van der Waals surface area contributed by atoms with Crippen LogP contribution in [0.3, 0.4) is 0 Å². The first-order valence-electron chi connectivity index (χ1n) is 10.7. The second-order valence-corrected chi connectivity index (χ2v) is 8.54. The van der Waals surface area contributed by atoms with Crippen molar-refractivity contribution in [3.05, 3.63) is 64.7 Å². The van der Waals surface area contributed by atoms with Crippen LogP contribution in [0.2, 0.25) is 5.02 Å². The normalized spacial score (nSPS) is 19.0. The largest absolute Gasteiger partial charge is 0.493 e. The molecule has 30 heavy (non-hydrogen) atoms. The van der Waals surface area contributed by atoms with Crippen molar-refractivity contribution in [1.82, 2.24) is 9.80 Å². The molecular formula is C24H27ClN2O3. The fraction of sp³-hybridized carbons (Fsp3) is 0.417. The highest BCUT2D eigenvalue weighted by atomic mass is 35.5. The van der Waals surface area contributed by atoms with Crippen molar-refractivity contribution in [2.75, 3.05) is 32.8 Å². The Morgan fingerprint density at radius 2 is 1.40 bits per heavy atom. The van der Waals surface area contributed by atoms with Gasteiger partial charge in [0, 0.05) is 48.2 Å². The van der Waals surface area contributed by atoms with Gasteiger partial charge >= 0.3 is 0 Å². The van der Waals surface area contributed by atoms with Crippen LogP contribution in [-0.2, 0) is 0 Å². The van der Waals surface area contributed by atoms with Crippen molar-refractivity contribution >= 4 is 23.4 Å². The van der Waals surface area contributed by atoms with Crippen LogP contribution in [0.1, 0.15) is 46.4 Å². The highest BCUT2D eigenvalue weighted by Crippen LogP contribution is 2.22. The van der Waals surface area contributed by atoms with Crippen molar-refractivity contribution < 1.29 is 14.3 Å². The topological polar surface area (TPSA) is 49.9 Å². The van der Waals surface area contributed by atoms with Gasteiger partial charge in [-0.25, -0.2) is 0 Å². The molecule has 2 amide bonds. The van der Waals surface area contributed by atoms with Crippen LogP contribution < -0.4 is 4.74 Å². The lowest BCUT2D eigenvalue weighted by molar-refractivity contribution is 0.0633. The molecule has 5 nitrogen and oxygen atoms in total. The zero-order valence-corrected chi connectivity index (χ0v) is 17.8. The standard InChI is InChI=1S/C24H27ClN2O3/c25-21-9-5-19(6-10-21)24(29)27-15-3-4-18(16-27)17-30-22-11-7-20(8-12-22)23(28)26-13-1-2-14-26/h5-12,18H,1-4,13-17H2/t18-/m1/s1. The number of nitrogens with zero attached hydrogens (tertiary/aromatic N) is 2. The second-order valence-electron chi connectivity index (χ2n) is 8.10. The third-order valence-corrected chi connectivity index (χ3v) is 6.13. The highest BCUT2D eigenvalue weighted by molar-refractivity contribution is 6.30. The maximum atomic E-state index is 12.7. The van der Waals surface area contributed by atoms with E-state index in [-0.39, 0.29) is 11.8 Å². The fourth-order valence-corrected chi connectivity index (χ4v) is 4.30. The van der Waals surface area contributed by atoms with Gasteiger partial charge in [-0.15, -0.1) is 0 Å². The van der Waals surface area contributed by atoms with Crippen LogP contribution >= 0.6 is 11.6 Å². The molecule has 6 heteroatoms. The number of rotatable bonds is 5. The molecule has 2 aromatic carbocycles. The number of carbonyl (C=O) groups is 2. The fourth-order valence-electron chi connectivity index (χ4n) is 4.17. The predicted molar refractivity (Wildman–Crippen MR) is 117 cm³/mol. The summed E-state index contributed by atoms with van der Waals surface area (Å²) in [5, 5.41) is 0.629. The van der Waals surface area contributed by atoms with Crippen LogP contribution in [0.4, 0.5) is 0 Å². The van der Waals surface area contributed by atoms with Gasteiger partial charge in [-0.05, 0) is 74.2 Å². The molecule has 0 N–H and O–H groups in total. The van der Waals surface area contributed by atoms with Crippen LogP contribution in [0, 0.1) is 5.92 Å². The van der Waals surface area contributed by atoms with Crippen molar-refractivity contribution in [2.24, 2.45) is 5.92 Å². The van der Waals surface area contributed by atoms with E-state index in [1.165, 1.54) is 0 Å². The Kier molecular flexibility index (Phi) is 6.58. The maximum absolute atomic E-state index is 12.7. The van der Waals surface area contributed by atoms with Gasteiger partial charge < -0.3 is 14.5 Å². The van der Waals surface area contributed by atoms with Crippen LogP contribution in [0.15, 0.2) is 48.5 Å². The molecule has 1 atom stereocenters. The summed E-state index contributed by atoms with van der Waals surface area (Å²) in [6, 6.07) is 14.5. The van der Waals surface area contributed by atoms with Gasteiger partial charge in [0.15, 0.2) is 0 Å². The Hall–Kier alpha value is -2.53. The third-order valence-electron chi connectivity index (χ3n) is 5.88. The van der Waals surface area contributed by atoms with E-state index in [0.717, 1.165) is 51.1 Å². The molecule has 2 aliphatic heterocycles. The Balaban J connectivity index is 1.29. The maximum Gasteiger partial charge on any atom is 0.253 e. The SMILES string of the molecule is O=C(c1ccc(OC[C@@H]2CCCN(C(=O)c3ccc(Cl)cc3)C2)cc1)N1CCCC1. The summed E-state index contributed by atoms with van der Waals surface area (Å²) < 4.78 is 5.97. The van der Waals surface area contributed by atoms with Crippen LogP contribution in [0.5, 0.6) is 5.75 Å². The van der Waals surface area contributed by atoms with Crippen LogP contribution in [0.25, 0.3) is 0 Å². The van der Waals surface area contributed by atoms with E-state index in [4.69, 9.17) is 16.3 Å². The van der Waals surface area contributed by atoms with Gasteiger partial charge in [0.05, 0.1) is 6.61 Å². The van der Waals surface area contributed by atoms with Gasteiger partial charge in [-0.3, -0.25) is 9.59 Å². The van der Waals surface area contributed by atoms with E-state index in [2.05, 4.69) is 0 Å². The number of hydrogen-bond donors (Lipinski definition) is 0. The van der Waals surface area contributed by atoms with E-state index in [1.54, 1.807) is 24.3 Å². The molecule has 2 saturated heterocycles. The van der Waals surface area contributed by atoms with E-state index in [9.17, 15) is 9.59 Å². The number of halogens is 1. The second kappa shape index (κ2) is 9.52. The van der Waals surface area contributed by atoms with Crippen LogP contribution in [-0.4, -0.2) is 54.4 Å². The van der Waals surface area contributed by atoms with Gasteiger partial charge in [-0.1, -0.05) is 11.6 Å². The molecule has 2 fully saturated rings. The Labute approximate surface area is 182 Å². The van der Waals surface area contributed by atoms with E-state index < -0.39 is 0 Å². The Bertz CT molecular complexity index is 876. The molecule has 0 aromatic heterocycles. The van der Waals surface area contributed by atoms with E-state index >= 15 is 0 Å². The minimum atomic E-state index is 0.0427. The molecule has 158 valence electrons. The van der Waals surface area contributed by atoms with Gasteiger partial charge in [0.25, 0.3) is 11.8 Å². The predicted octanol–water partition coefficient (Wildman–Crippen LogP) is 4.51. The number of benzene rings is 2. The number of likely N-dealkylation sites (tertiary alicyclic amines) is 2. The summed E-state index contributed by atoms with van der Waals surface area (Å²) in [6.45, 7) is 3.72. The molecule has 0 bridgehead atoms. The highest BCUT2D eigenvalue weighted by Gasteiger charge is 2.25. The number of hydrogen-bond acceptors (Lipinski definition) is 3. The number of amides is 2. The molecule has 0 radical (unpaired) electrons. The molecule has 2 heterocycles. The molecule has 0 aliphatic carbocycles. The quantitative estimate of drug-likeness (QED) is 0.706. The number of ether oxygens (including phenoxy) is 1. The lowest BCUT2D eigenvalue weighted by atomic mass is 9.98.